The maximum Gasteiger partial charge on any atom is 0.151 e. The van der Waals surface area contributed by atoms with E-state index in [1.807, 2.05) is 12.1 Å². The normalized spacial score (nSPS) is 22.5. The van der Waals surface area contributed by atoms with E-state index in [2.05, 4.69) is 15.1 Å². The molecule has 0 aromatic carbocycles. The molecule has 1 unspecified atom stereocenters. The molecule has 4 heteroatoms. The number of hydrogen-bond donors (Lipinski definition) is 0. The van der Waals surface area contributed by atoms with Crippen molar-refractivity contribution < 1.29 is 0 Å². The molecular formula is C11H16ClN3. The van der Waals surface area contributed by atoms with Gasteiger partial charge in [-0.3, -0.25) is 0 Å². The Bertz CT molecular complexity index is 291. The Kier molecular flexibility index (Phi) is 3.78. The van der Waals surface area contributed by atoms with E-state index >= 15 is 0 Å². The van der Waals surface area contributed by atoms with E-state index in [4.69, 9.17) is 11.6 Å². The summed E-state index contributed by atoms with van der Waals surface area (Å²) >= 11 is 5.90. The second-order valence-corrected chi connectivity index (χ2v) is 4.33. The Morgan fingerprint density at radius 1 is 1.40 bits per heavy atom. The van der Waals surface area contributed by atoms with Crippen molar-refractivity contribution in [2.75, 3.05) is 23.9 Å². The second-order valence-electron chi connectivity index (χ2n) is 4.02. The summed E-state index contributed by atoms with van der Waals surface area (Å²) in [7, 11) is 0. The SMILES string of the molecule is ClCC1CCCN(c2cccnn2)CC1. The number of halogens is 1. The maximum absolute atomic E-state index is 5.90. The van der Waals surface area contributed by atoms with Crippen LogP contribution in [0.1, 0.15) is 19.3 Å². The summed E-state index contributed by atoms with van der Waals surface area (Å²) in [5.74, 6) is 2.45. The summed E-state index contributed by atoms with van der Waals surface area (Å²) in [6.45, 7) is 2.13. The highest BCUT2D eigenvalue weighted by Gasteiger charge is 2.16. The van der Waals surface area contributed by atoms with E-state index in [1.165, 1.54) is 19.3 Å². The zero-order valence-corrected chi connectivity index (χ0v) is 9.53. The average Bonchev–Trinajstić information content (AvgIpc) is 2.55. The van der Waals surface area contributed by atoms with Crippen LogP contribution < -0.4 is 4.90 Å². The van der Waals surface area contributed by atoms with Crippen LogP contribution in [0.2, 0.25) is 0 Å². The van der Waals surface area contributed by atoms with Crippen LogP contribution in [-0.4, -0.2) is 29.2 Å². The van der Waals surface area contributed by atoms with Gasteiger partial charge in [0.1, 0.15) is 0 Å². The van der Waals surface area contributed by atoms with Gasteiger partial charge >= 0.3 is 0 Å². The fourth-order valence-corrected chi connectivity index (χ4v) is 2.32. The van der Waals surface area contributed by atoms with Gasteiger partial charge in [0.15, 0.2) is 5.82 Å². The molecule has 1 fully saturated rings. The molecule has 0 saturated carbocycles. The Labute approximate surface area is 95.5 Å². The first-order valence-electron chi connectivity index (χ1n) is 5.49. The molecule has 82 valence electrons. The van der Waals surface area contributed by atoms with Crippen LogP contribution in [0.3, 0.4) is 0 Å². The van der Waals surface area contributed by atoms with Crippen molar-refractivity contribution >= 4 is 17.4 Å². The number of alkyl halides is 1. The summed E-state index contributed by atoms with van der Waals surface area (Å²) in [6, 6.07) is 3.96. The minimum atomic E-state index is 0.674. The number of anilines is 1. The summed E-state index contributed by atoms with van der Waals surface area (Å²) in [5.41, 5.74) is 0. The van der Waals surface area contributed by atoms with Crippen molar-refractivity contribution in [3.63, 3.8) is 0 Å². The van der Waals surface area contributed by atoms with E-state index in [-0.39, 0.29) is 0 Å². The lowest BCUT2D eigenvalue weighted by Gasteiger charge is -2.20. The molecule has 0 amide bonds. The highest BCUT2D eigenvalue weighted by Crippen LogP contribution is 2.21. The molecule has 0 spiro atoms. The predicted octanol–water partition coefficient (Wildman–Crippen LogP) is 2.32. The molecule has 1 aromatic rings. The zero-order valence-electron chi connectivity index (χ0n) is 8.77. The molecule has 2 rings (SSSR count). The highest BCUT2D eigenvalue weighted by molar-refractivity contribution is 6.18. The molecule has 1 aliphatic rings. The van der Waals surface area contributed by atoms with Crippen LogP contribution in [0.4, 0.5) is 5.82 Å². The number of nitrogens with zero attached hydrogens (tertiary/aromatic N) is 3. The highest BCUT2D eigenvalue weighted by atomic mass is 35.5. The van der Waals surface area contributed by atoms with E-state index in [9.17, 15) is 0 Å². The standard InChI is InChI=1S/C11H16ClN3/c12-9-10-3-2-7-15(8-5-10)11-4-1-6-13-14-11/h1,4,6,10H,2-3,5,7-9H2. The van der Waals surface area contributed by atoms with E-state index in [0.717, 1.165) is 24.8 Å². The first-order valence-corrected chi connectivity index (χ1v) is 6.02. The largest absolute Gasteiger partial charge is 0.355 e. The van der Waals surface area contributed by atoms with Crippen LogP contribution in [0.25, 0.3) is 0 Å². The molecule has 1 aliphatic heterocycles. The third-order valence-corrected chi connectivity index (χ3v) is 3.38. The second kappa shape index (κ2) is 5.31. The zero-order chi connectivity index (χ0) is 10.5. The van der Waals surface area contributed by atoms with Gasteiger partial charge in [0.2, 0.25) is 0 Å². The van der Waals surface area contributed by atoms with Gasteiger partial charge in [-0.05, 0) is 37.3 Å². The quantitative estimate of drug-likeness (QED) is 0.724. The van der Waals surface area contributed by atoms with Gasteiger partial charge < -0.3 is 4.90 Å². The van der Waals surface area contributed by atoms with Gasteiger partial charge in [-0.2, -0.15) is 5.10 Å². The van der Waals surface area contributed by atoms with Gasteiger partial charge in [-0.1, -0.05) is 0 Å². The van der Waals surface area contributed by atoms with Crippen LogP contribution in [0.5, 0.6) is 0 Å². The van der Waals surface area contributed by atoms with Gasteiger partial charge in [-0.15, -0.1) is 16.7 Å². The van der Waals surface area contributed by atoms with E-state index in [1.54, 1.807) is 6.20 Å². The summed E-state index contributed by atoms with van der Waals surface area (Å²) in [5, 5.41) is 8.05. The van der Waals surface area contributed by atoms with E-state index in [0.29, 0.717) is 5.92 Å². The fourth-order valence-electron chi connectivity index (χ4n) is 2.01. The lowest BCUT2D eigenvalue weighted by Crippen LogP contribution is -2.25. The van der Waals surface area contributed by atoms with Crippen LogP contribution in [0, 0.1) is 5.92 Å². The molecule has 1 saturated heterocycles. The molecule has 15 heavy (non-hydrogen) atoms. The maximum atomic E-state index is 5.90. The number of rotatable bonds is 2. The predicted molar refractivity (Wildman–Crippen MR) is 62.3 cm³/mol. The fraction of sp³-hybridized carbons (Fsp3) is 0.636. The van der Waals surface area contributed by atoms with Crippen molar-refractivity contribution in [3.05, 3.63) is 18.3 Å². The lowest BCUT2D eigenvalue weighted by molar-refractivity contribution is 0.527. The smallest absolute Gasteiger partial charge is 0.151 e. The molecule has 2 heterocycles. The molecule has 1 atom stereocenters. The molecule has 3 nitrogen and oxygen atoms in total. The Morgan fingerprint density at radius 3 is 3.07 bits per heavy atom. The van der Waals surface area contributed by atoms with Crippen molar-refractivity contribution in [2.24, 2.45) is 5.92 Å². The Hall–Kier alpha value is -0.830. The van der Waals surface area contributed by atoms with Crippen molar-refractivity contribution in [2.45, 2.75) is 19.3 Å². The minimum Gasteiger partial charge on any atom is -0.355 e. The van der Waals surface area contributed by atoms with Crippen molar-refractivity contribution in [1.29, 1.82) is 0 Å². The van der Waals surface area contributed by atoms with Crippen molar-refractivity contribution in [3.8, 4) is 0 Å². The summed E-state index contributed by atoms with van der Waals surface area (Å²) in [6.07, 6.45) is 5.32. The van der Waals surface area contributed by atoms with Crippen LogP contribution >= 0.6 is 11.6 Å². The molecule has 1 aromatic heterocycles. The van der Waals surface area contributed by atoms with Gasteiger partial charge in [0.05, 0.1) is 0 Å². The first kappa shape index (κ1) is 10.7. The Morgan fingerprint density at radius 2 is 2.33 bits per heavy atom. The number of aromatic nitrogens is 2. The van der Waals surface area contributed by atoms with Crippen LogP contribution in [0.15, 0.2) is 18.3 Å². The number of hydrogen-bond acceptors (Lipinski definition) is 3. The topological polar surface area (TPSA) is 29.0 Å². The monoisotopic (exact) mass is 225 g/mol. The van der Waals surface area contributed by atoms with Crippen LogP contribution in [-0.2, 0) is 0 Å². The lowest BCUT2D eigenvalue weighted by atomic mass is 10.0. The summed E-state index contributed by atoms with van der Waals surface area (Å²) < 4.78 is 0. The average molecular weight is 226 g/mol. The third kappa shape index (κ3) is 2.81. The molecule has 0 N–H and O–H groups in total. The molecule has 0 radical (unpaired) electrons. The molecule has 0 aliphatic carbocycles. The first-order chi connectivity index (χ1) is 7.40. The molecule has 0 bridgehead atoms. The third-order valence-electron chi connectivity index (χ3n) is 2.95. The summed E-state index contributed by atoms with van der Waals surface area (Å²) in [4.78, 5) is 2.31. The minimum absolute atomic E-state index is 0.674. The van der Waals surface area contributed by atoms with Gasteiger partial charge in [-0.25, -0.2) is 0 Å². The Balaban J connectivity index is 2.00. The molecular weight excluding hydrogens is 210 g/mol. The van der Waals surface area contributed by atoms with Crippen molar-refractivity contribution in [1.82, 2.24) is 10.2 Å². The van der Waals surface area contributed by atoms with Gasteiger partial charge in [0.25, 0.3) is 0 Å². The van der Waals surface area contributed by atoms with E-state index < -0.39 is 0 Å². The van der Waals surface area contributed by atoms with Gasteiger partial charge in [0, 0.05) is 25.2 Å².